The van der Waals surface area contributed by atoms with Gasteiger partial charge in [-0.1, -0.05) is 18.2 Å². The molecule has 0 unspecified atom stereocenters. The molecule has 2 rings (SSSR count). The smallest absolute Gasteiger partial charge is 0.174 e. The first kappa shape index (κ1) is 14.1. The van der Waals surface area contributed by atoms with E-state index in [1.165, 1.54) is 25.1 Å². The molecule has 0 atom stereocenters. The lowest BCUT2D eigenvalue weighted by Gasteiger charge is -2.13. The van der Waals surface area contributed by atoms with Crippen molar-refractivity contribution in [1.29, 1.82) is 0 Å². The van der Waals surface area contributed by atoms with Crippen LogP contribution in [0.1, 0.15) is 24.2 Å². The molecule has 0 radical (unpaired) electrons. The SMILES string of the molecule is CCOc1ccccc1Oc1c(F)cccc1C(C)=O. The predicted octanol–water partition coefficient (Wildman–Crippen LogP) is 4.22. The Bertz CT molecular complexity index is 623. The minimum absolute atomic E-state index is 0.0767. The lowest BCUT2D eigenvalue weighted by atomic mass is 10.1. The Hall–Kier alpha value is -2.36. The minimum atomic E-state index is -0.580. The fourth-order valence-electron chi connectivity index (χ4n) is 1.81. The highest BCUT2D eigenvalue weighted by Crippen LogP contribution is 2.34. The van der Waals surface area contributed by atoms with Gasteiger partial charge in [-0.15, -0.1) is 0 Å². The van der Waals surface area contributed by atoms with Crippen LogP contribution in [0.5, 0.6) is 17.2 Å². The van der Waals surface area contributed by atoms with Crippen LogP contribution in [0.3, 0.4) is 0 Å². The molecule has 4 heteroatoms. The molecule has 0 aromatic heterocycles. The van der Waals surface area contributed by atoms with Gasteiger partial charge in [-0.25, -0.2) is 4.39 Å². The third-order valence-corrected chi connectivity index (χ3v) is 2.71. The maximum Gasteiger partial charge on any atom is 0.174 e. The fraction of sp³-hybridized carbons (Fsp3) is 0.188. The van der Waals surface area contributed by atoms with Crippen LogP contribution in [-0.4, -0.2) is 12.4 Å². The van der Waals surface area contributed by atoms with Gasteiger partial charge >= 0.3 is 0 Å². The van der Waals surface area contributed by atoms with Crippen molar-refractivity contribution >= 4 is 5.78 Å². The number of ether oxygens (including phenoxy) is 2. The van der Waals surface area contributed by atoms with Gasteiger partial charge < -0.3 is 9.47 Å². The molecule has 0 bridgehead atoms. The molecule has 3 nitrogen and oxygen atoms in total. The molecule has 0 spiro atoms. The van der Waals surface area contributed by atoms with Crippen LogP contribution in [0.15, 0.2) is 42.5 Å². The van der Waals surface area contributed by atoms with E-state index in [9.17, 15) is 9.18 Å². The number of ketones is 1. The van der Waals surface area contributed by atoms with E-state index in [0.717, 1.165) is 0 Å². The number of carbonyl (C=O) groups excluding carboxylic acids is 1. The van der Waals surface area contributed by atoms with Crippen LogP contribution in [0.25, 0.3) is 0 Å². The van der Waals surface area contributed by atoms with Gasteiger partial charge in [0.25, 0.3) is 0 Å². The highest BCUT2D eigenvalue weighted by atomic mass is 19.1. The zero-order chi connectivity index (χ0) is 14.5. The molecule has 0 amide bonds. The molecular formula is C16H15FO3. The summed E-state index contributed by atoms with van der Waals surface area (Å²) < 4.78 is 24.9. The van der Waals surface area contributed by atoms with Crippen LogP contribution >= 0.6 is 0 Å². The summed E-state index contributed by atoms with van der Waals surface area (Å²) in [7, 11) is 0. The number of hydrogen-bond donors (Lipinski definition) is 0. The standard InChI is InChI=1S/C16H15FO3/c1-3-19-14-9-4-5-10-15(14)20-16-12(11(2)18)7-6-8-13(16)17/h4-10H,3H2,1-2H3. The van der Waals surface area contributed by atoms with Gasteiger partial charge in [-0.3, -0.25) is 4.79 Å². The number of rotatable bonds is 5. The molecule has 0 saturated heterocycles. The zero-order valence-electron chi connectivity index (χ0n) is 11.4. The molecule has 20 heavy (non-hydrogen) atoms. The number of carbonyl (C=O) groups is 1. The number of benzene rings is 2. The van der Waals surface area contributed by atoms with Crippen molar-refractivity contribution in [2.24, 2.45) is 0 Å². The molecular weight excluding hydrogens is 259 g/mol. The third-order valence-electron chi connectivity index (χ3n) is 2.71. The molecule has 0 heterocycles. The van der Waals surface area contributed by atoms with Crippen LogP contribution < -0.4 is 9.47 Å². The van der Waals surface area contributed by atoms with Crippen molar-refractivity contribution < 1.29 is 18.7 Å². The monoisotopic (exact) mass is 274 g/mol. The van der Waals surface area contributed by atoms with Gasteiger partial charge in [0.15, 0.2) is 28.8 Å². The Kier molecular flexibility index (Phi) is 4.35. The predicted molar refractivity (Wildman–Crippen MR) is 74.1 cm³/mol. The summed E-state index contributed by atoms with van der Waals surface area (Å²) in [6.07, 6.45) is 0. The van der Waals surface area contributed by atoms with Crippen LogP contribution in [0.4, 0.5) is 4.39 Å². The van der Waals surface area contributed by atoms with E-state index in [1.807, 2.05) is 6.92 Å². The summed E-state index contributed by atoms with van der Waals surface area (Å²) in [5.74, 6) is -0.0285. The van der Waals surface area contributed by atoms with Crippen LogP contribution in [0, 0.1) is 5.82 Å². The van der Waals surface area contributed by atoms with Crippen molar-refractivity contribution in [1.82, 2.24) is 0 Å². The Morgan fingerprint density at radius 2 is 1.80 bits per heavy atom. The van der Waals surface area contributed by atoms with E-state index in [1.54, 1.807) is 24.3 Å². The Morgan fingerprint density at radius 1 is 1.10 bits per heavy atom. The highest BCUT2D eigenvalue weighted by molar-refractivity contribution is 5.97. The summed E-state index contributed by atoms with van der Waals surface area (Å²) in [4.78, 5) is 11.5. The van der Waals surface area contributed by atoms with E-state index in [4.69, 9.17) is 9.47 Å². The summed E-state index contributed by atoms with van der Waals surface area (Å²) in [5.41, 5.74) is 0.205. The van der Waals surface area contributed by atoms with Gasteiger partial charge in [-0.05, 0) is 38.1 Å². The van der Waals surface area contributed by atoms with Crippen molar-refractivity contribution in [3.63, 3.8) is 0 Å². The first-order valence-electron chi connectivity index (χ1n) is 6.32. The van der Waals surface area contributed by atoms with E-state index in [-0.39, 0.29) is 17.1 Å². The second-order valence-electron chi connectivity index (χ2n) is 4.15. The van der Waals surface area contributed by atoms with Crippen LogP contribution in [0.2, 0.25) is 0 Å². The number of Topliss-reactive ketones (excluding diaryl/α,β-unsaturated/α-hetero) is 1. The van der Waals surface area contributed by atoms with Gasteiger partial charge in [-0.2, -0.15) is 0 Å². The number of para-hydroxylation sites is 3. The van der Waals surface area contributed by atoms with E-state index >= 15 is 0 Å². The van der Waals surface area contributed by atoms with Gasteiger partial charge in [0.05, 0.1) is 12.2 Å². The molecule has 0 N–H and O–H groups in total. The van der Waals surface area contributed by atoms with Gasteiger partial charge in [0, 0.05) is 0 Å². The van der Waals surface area contributed by atoms with Crippen molar-refractivity contribution in [2.75, 3.05) is 6.61 Å². The van der Waals surface area contributed by atoms with E-state index < -0.39 is 5.82 Å². The largest absolute Gasteiger partial charge is 0.490 e. The number of halogens is 1. The lowest BCUT2D eigenvalue weighted by Crippen LogP contribution is -2.01. The van der Waals surface area contributed by atoms with E-state index in [2.05, 4.69) is 0 Å². The summed E-state index contributed by atoms with van der Waals surface area (Å²) in [5, 5.41) is 0. The molecule has 0 aliphatic carbocycles. The Morgan fingerprint density at radius 3 is 2.45 bits per heavy atom. The first-order chi connectivity index (χ1) is 9.63. The van der Waals surface area contributed by atoms with Gasteiger partial charge in [0.1, 0.15) is 0 Å². The summed E-state index contributed by atoms with van der Waals surface area (Å²) in [6, 6.07) is 11.2. The average molecular weight is 274 g/mol. The quantitative estimate of drug-likeness (QED) is 0.766. The van der Waals surface area contributed by atoms with Crippen molar-refractivity contribution in [3.8, 4) is 17.2 Å². The lowest BCUT2D eigenvalue weighted by molar-refractivity contribution is 0.101. The third kappa shape index (κ3) is 2.96. The highest BCUT2D eigenvalue weighted by Gasteiger charge is 2.16. The molecule has 0 saturated carbocycles. The van der Waals surface area contributed by atoms with Crippen molar-refractivity contribution in [2.45, 2.75) is 13.8 Å². The maximum atomic E-state index is 13.9. The summed E-state index contributed by atoms with van der Waals surface area (Å²) in [6.45, 7) is 3.69. The van der Waals surface area contributed by atoms with E-state index in [0.29, 0.717) is 18.1 Å². The Balaban J connectivity index is 2.42. The second kappa shape index (κ2) is 6.19. The molecule has 104 valence electrons. The zero-order valence-corrected chi connectivity index (χ0v) is 11.4. The fourth-order valence-corrected chi connectivity index (χ4v) is 1.81. The normalized spacial score (nSPS) is 10.2. The second-order valence-corrected chi connectivity index (χ2v) is 4.15. The Labute approximate surface area is 117 Å². The number of hydrogen-bond acceptors (Lipinski definition) is 3. The molecule has 2 aromatic rings. The molecule has 0 aliphatic rings. The topological polar surface area (TPSA) is 35.5 Å². The molecule has 0 aliphatic heterocycles. The summed E-state index contributed by atoms with van der Waals surface area (Å²) >= 11 is 0. The first-order valence-corrected chi connectivity index (χ1v) is 6.32. The molecule has 0 fully saturated rings. The van der Waals surface area contributed by atoms with Crippen LogP contribution in [-0.2, 0) is 0 Å². The minimum Gasteiger partial charge on any atom is -0.490 e. The maximum absolute atomic E-state index is 13.9. The van der Waals surface area contributed by atoms with Gasteiger partial charge in [0.2, 0.25) is 0 Å². The van der Waals surface area contributed by atoms with Crippen molar-refractivity contribution in [3.05, 3.63) is 53.8 Å². The molecule has 2 aromatic carbocycles. The average Bonchev–Trinajstić information content (AvgIpc) is 2.43.